The molecule has 0 fully saturated rings. The molecule has 6 aromatic rings. The van der Waals surface area contributed by atoms with E-state index < -0.39 is 0 Å². The van der Waals surface area contributed by atoms with Crippen LogP contribution in [0.4, 0.5) is 0 Å². The third-order valence-electron chi connectivity index (χ3n) is 6.57. The maximum absolute atomic E-state index is 13.7. The Morgan fingerprint density at radius 3 is 2.55 bits per heavy atom. The van der Waals surface area contributed by atoms with E-state index in [1.54, 1.807) is 33.5 Å². The van der Waals surface area contributed by atoms with Crippen molar-refractivity contribution in [2.45, 2.75) is 13.2 Å². The van der Waals surface area contributed by atoms with Gasteiger partial charge < -0.3 is 4.74 Å². The van der Waals surface area contributed by atoms with Crippen molar-refractivity contribution >= 4 is 39.0 Å². The van der Waals surface area contributed by atoms with Crippen LogP contribution in [0, 0.1) is 11.3 Å². The minimum atomic E-state index is -0.187. The summed E-state index contributed by atoms with van der Waals surface area (Å²) < 4.78 is 10.4. The largest absolute Gasteiger partial charge is 0.487 e. The summed E-state index contributed by atoms with van der Waals surface area (Å²) in [6, 6.07) is 32.0. The molecular weight excluding hydrogens is 592 g/mol. The van der Waals surface area contributed by atoms with Gasteiger partial charge >= 0.3 is 0 Å². The summed E-state index contributed by atoms with van der Waals surface area (Å²) in [5.41, 5.74) is 4.30. The second-order valence-corrected chi connectivity index (χ2v) is 10.4. The third kappa shape index (κ3) is 6.04. The number of benzene rings is 4. The Morgan fingerprint density at radius 2 is 1.74 bits per heavy atom. The molecule has 204 valence electrons. The number of para-hydroxylation sites is 1. The van der Waals surface area contributed by atoms with Crippen LogP contribution in [0.5, 0.6) is 5.75 Å². The van der Waals surface area contributed by atoms with Crippen molar-refractivity contribution in [3.63, 3.8) is 0 Å². The van der Waals surface area contributed by atoms with E-state index in [4.69, 9.17) is 15.0 Å². The van der Waals surface area contributed by atoms with Gasteiger partial charge in [0.05, 0.1) is 41.0 Å². The number of halogens is 1. The van der Waals surface area contributed by atoms with Gasteiger partial charge in [0.1, 0.15) is 23.9 Å². The molecular formula is C33H23BrN6O2. The van der Waals surface area contributed by atoms with E-state index in [0.29, 0.717) is 46.0 Å². The van der Waals surface area contributed by atoms with Gasteiger partial charge in [-0.3, -0.25) is 9.36 Å². The van der Waals surface area contributed by atoms with Gasteiger partial charge in [-0.15, -0.1) is 5.10 Å². The molecule has 0 radical (unpaired) electrons. The zero-order valence-corrected chi connectivity index (χ0v) is 23.8. The van der Waals surface area contributed by atoms with Crippen LogP contribution in [0.15, 0.2) is 113 Å². The Kier molecular flexibility index (Phi) is 7.70. The summed E-state index contributed by atoms with van der Waals surface area (Å²) in [4.78, 5) is 18.5. The first-order valence-corrected chi connectivity index (χ1v) is 13.9. The molecule has 0 amide bonds. The minimum Gasteiger partial charge on any atom is -0.487 e. The van der Waals surface area contributed by atoms with E-state index >= 15 is 0 Å². The third-order valence-corrected chi connectivity index (χ3v) is 7.10. The Labute approximate surface area is 249 Å². The van der Waals surface area contributed by atoms with Crippen LogP contribution in [0.3, 0.4) is 0 Å². The van der Waals surface area contributed by atoms with Crippen molar-refractivity contribution in [2.75, 3.05) is 0 Å². The van der Waals surface area contributed by atoms with Crippen molar-refractivity contribution in [3.8, 4) is 17.5 Å². The molecule has 0 N–H and O–H groups in total. The second kappa shape index (κ2) is 12.0. The lowest BCUT2D eigenvalue weighted by molar-refractivity contribution is 0.301. The molecule has 2 aromatic heterocycles. The summed E-state index contributed by atoms with van der Waals surface area (Å²) in [7, 11) is 0. The Balaban J connectivity index is 1.26. The number of nitriles is 1. The van der Waals surface area contributed by atoms with Gasteiger partial charge in [0, 0.05) is 10.5 Å². The predicted octanol–water partition coefficient (Wildman–Crippen LogP) is 6.41. The maximum Gasteiger partial charge on any atom is 0.266 e. The number of aromatic nitrogens is 5. The van der Waals surface area contributed by atoms with E-state index in [0.717, 1.165) is 15.6 Å². The highest BCUT2D eigenvalue weighted by molar-refractivity contribution is 9.10. The average molecular weight is 615 g/mol. The number of hydrogen-bond donors (Lipinski definition) is 0. The second-order valence-electron chi connectivity index (χ2n) is 9.51. The van der Waals surface area contributed by atoms with Gasteiger partial charge in [0.2, 0.25) is 0 Å². The first kappa shape index (κ1) is 26.9. The van der Waals surface area contributed by atoms with E-state index in [1.165, 1.54) is 0 Å². The summed E-state index contributed by atoms with van der Waals surface area (Å²) >= 11 is 3.45. The minimum absolute atomic E-state index is 0.187. The van der Waals surface area contributed by atoms with E-state index in [2.05, 4.69) is 32.3 Å². The molecule has 0 bridgehead atoms. The van der Waals surface area contributed by atoms with Crippen LogP contribution >= 0.6 is 15.9 Å². The molecule has 0 atom stereocenters. The highest BCUT2D eigenvalue weighted by Gasteiger charge is 2.12. The Bertz CT molecular complexity index is 2000. The molecule has 6 rings (SSSR count). The van der Waals surface area contributed by atoms with Crippen molar-refractivity contribution in [2.24, 2.45) is 0 Å². The first-order chi connectivity index (χ1) is 20.6. The normalized spacial score (nSPS) is 11.1. The molecule has 0 saturated carbocycles. The standard InChI is InChI=1S/C33H23BrN6O2/c34-26-15-12-25(13-16-26)20-39-21-27(37-38-39)22-42-29-5-3-4-28(18-29)40-32(17-14-23-8-10-24(19-35)11-9-23)36-31-7-2-1-6-30(31)33(40)41/h1-18,21H,20,22H2/b17-14+. The fourth-order valence-corrected chi connectivity index (χ4v) is 4.74. The van der Waals surface area contributed by atoms with E-state index in [1.807, 2.05) is 91.1 Å². The summed E-state index contributed by atoms with van der Waals surface area (Å²) in [5, 5.41) is 18.1. The highest BCUT2D eigenvalue weighted by Crippen LogP contribution is 2.21. The number of fused-ring (bicyclic) bond motifs is 1. The van der Waals surface area contributed by atoms with Crippen LogP contribution in [0.2, 0.25) is 0 Å². The molecule has 4 aromatic carbocycles. The van der Waals surface area contributed by atoms with Crippen LogP contribution in [0.25, 0.3) is 28.7 Å². The topological polar surface area (TPSA) is 98.6 Å². The van der Waals surface area contributed by atoms with Crippen molar-refractivity contribution in [3.05, 3.63) is 146 Å². The molecule has 8 nitrogen and oxygen atoms in total. The molecule has 0 aliphatic carbocycles. The van der Waals surface area contributed by atoms with Crippen molar-refractivity contribution < 1.29 is 4.74 Å². The fourth-order valence-electron chi connectivity index (χ4n) is 4.48. The van der Waals surface area contributed by atoms with Gasteiger partial charge in [-0.2, -0.15) is 5.26 Å². The zero-order chi connectivity index (χ0) is 28.9. The molecule has 42 heavy (non-hydrogen) atoms. The molecule has 0 saturated heterocycles. The monoisotopic (exact) mass is 614 g/mol. The Hall–Kier alpha value is -5.33. The summed E-state index contributed by atoms with van der Waals surface area (Å²) in [5.74, 6) is 1.05. The molecule has 0 aliphatic heterocycles. The molecule has 9 heteroatoms. The number of ether oxygens (including phenoxy) is 1. The highest BCUT2D eigenvalue weighted by atomic mass is 79.9. The van der Waals surface area contributed by atoms with Crippen LogP contribution < -0.4 is 10.3 Å². The molecule has 0 unspecified atom stereocenters. The van der Waals surface area contributed by atoms with Crippen LogP contribution in [-0.4, -0.2) is 24.5 Å². The van der Waals surface area contributed by atoms with Crippen LogP contribution in [-0.2, 0) is 13.2 Å². The maximum atomic E-state index is 13.7. The lowest BCUT2D eigenvalue weighted by atomic mass is 10.1. The quantitative estimate of drug-likeness (QED) is 0.196. The summed E-state index contributed by atoms with van der Waals surface area (Å²) in [6.45, 7) is 0.826. The van der Waals surface area contributed by atoms with Crippen molar-refractivity contribution in [1.82, 2.24) is 24.5 Å². The average Bonchev–Trinajstić information content (AvgIpc) is 3.48. The van der Waals surface area contributed by atoms with Crippen LogP contribution in [0.1, 0.15) is 28.2 Å². The van der Waals surface area contributed by atoms with Crippen molar-refractivity contribution in [1.29, 1.82) is 5.26 Å². The molecule has 0 spiro atoms. The number of hydrogen-bond acceptors (Lipinski definition) is 6. The zero-order valence-electron chi connectivity index (χ0n) is 22.3. The Morgan fingerprint density at radius 1 is 0.929 bits per heavy atom. The number of nitrogens with zero attached hydrogens (tertiary/aromatic N) is 6. The van der Waals surface area contributed by atoms with Gasteiger partial charge in [0.15, 0.2) is 0 Å². The van der Waals surface area contributed by atoms with Gasteiger partial charge in [-0.25, -0.2) is 9.67 Å². The summed E-state index contributed by atoms with van der Waals surface area (Å²) in [6.07, 6.45) is 5.52. The van der Waals surface area contributed by atoms with E-state index in [9.17, 15) is 4.79 Å². The van der Waals surface area contributed by atoms with Gasteiger partial charge in [-0.05, 0) is 65.7 Å². The smallest absolute Gasteiger partial charge is 0.266 e. The number of rotatable bonds is 8. The predicted molar refractivity (Wildman–Crippen MR) is 165 cm³/mol. The van der Waals surface area contributed by atoms with E-state index in [-0.39, 0.29) is 12.2 Å². The van der Waals surface area contributed by atoms with Gasteiger partial charge in [0.25, 0.3) is 5.56 Å². The fraction of sp³-hybridized carbons (Fsp3) is 0.0606. The SMILES string of the molecule is N#Cc1ccc(/C=C/c2nc3ccccc3c(=O)n2-c2cccc(OCc3cn(Cc4ccc(Br)cc4)nn3)c2)cc1. The molecule has 2 heterocycles. The van der Waals surface area contributed by atoms with Gasteiger partial charge in [-0.1, -0.05) is 69.7 Å². The molecule has 0 aliphatic rings. The lowest BCUT2D eigenvalue weighted by Gasteiger charge is -2.13. The first-order valence-electron chi connectivity index (χ1n) is 13.1. The lowest BCUT2D eigenvalue weighted by Crippen LogP contribution is -2.22.